The molecule has 98 valence electrons. The van der Waals surface area contributed by atoms with Crippen LogP contribution in [-0.2, 0) is 4.79 Å². The van der Waals surface area contributed by atoms with Crippen molar-refractivity contribution in [2.45, 2.75) is 57.9 Å². The minimum atomic E-state index is -0.624. The van der Waals surface area contributed by atoms with Crippen LogP contribution in [0.2, 0.25) is 0 Å². The number of hydrogen-bond donors (Lipinski definition) is 1. The molecule has 1 aliphatic heterocycles. The van der Waals surface area contributed by atoms with Gasteiger partial charge in [-0.3, -0.25) is 9.69 Å². The van der Waals surface area contributed by atoms with E-state index in [2.05, 4.69) is 11.8 Å². The van der Waals surface area contributed by atoms with E-state index < -0.39 is 5.97 Å². The van der Waals surface area contributed by atoms with Crippen LogP contribution in [0.4, 0.5) is 0 Å². The zero-order valence-electron chi connectivity index (χ0n) is 10.9. The zero-order valence-corrected chi connectivity index (χ0v) is 10.9. The Balaban J connectivity index is 1.95. The molecule has 2 aliphatic rings. The summed E-state index contributed by atoms with van der Waals surface area (Å²) in [4.78, 5) is 13.5. The number of hydrogen-bond acceptors (Lipinski definition) is 2. The van der Waals surface area contributed by atoms with Crippen molar-refractivity contribution in [3.63, 3.8) is 0 Å². The van der Waals surface area contributed by atoms with E-state index >= 15 is 0 Å². The van der Waals surface area contributed by atoms with Crippen LogP contribution in [0, 0.1) is 11.8 Å². The highest BCUT2D eigenvalue weighted by Crippen LogP contribution is 2.36. The molecule has 0 radical (unpaired) electrons. The van der Waals surface area contributed by atoms with Gasteiger partial charge < -0.3 is 5.11 Å². The summed E-state index contributed by atoms with van der Waals surface area (Å²) < 4.78 is 0. The molecule has 1 heterocycles. The number of carboxylic acids is 1. The van der Waals surface area contributed by atoms with Crippen molar-refractivity contribution in [2.75, 3.05) is 13.1 Å². The molecule has 0 spiro atoms. The molecule has 2 rings (SSSR count). The van der Waals surface area contributed by atoms with E-state index in [0.29, 0.717) is 0 Å². The molecule has 1 aliphatic carbocycles. The van der Waals surface area contributed by atoms with Crippen molar-refractivity contribution in [3.05, 3.63) is 0 Å². The minimum absolute atomic E-state index is 0.233. The van der Waals surface area contributed by atoms with Crippen LogP contribution >= 0.6 is 0 Å². The van der Waals surface area contributed by atoms with E-state index in [1.807, 2.05) is 0 Å². The van der Waals surface area contributed by atoms with Gasteiger partial charge >= 0.3 is 5.97 Å². The van der Waals surface area contributed by atoms with Crippen molar-refractivity contribution in [3.8, 4) is 0 Å². The number of nitrogens with zero attached hydrogens (tertiary/aromatic N) is 1. The summed E-state index contributed by atoms with van der Waals surface area (Å²) in [6, 6.07) is -0.233. The Bertz CT molecular complexity index is 267. The third-order valence-corrected chi connectivity index (χ3v) is 4.61. The summed E-state index contributed by atoms with van der Waals surface area (Å²) in [6.45, 7) is 4.10. The van der Waals surface area contributed by atoms with Crippen molar-refractivity contribution in [1.82, 2.24) is 4.90 Å². The predicted molar refractivity (Wildman–Crippen MR) is 68.0 cm³/mol. The summed E-state index contributed by atoms with van der Waals surface area (Å²) in [5, 5.41) is 9.31. The Labute approximate surface area is 104 Å². The molecule has 0 amide bonds. The Kier molecular flexibility index (Phi) is 4.43. The van der Waals surface area contributed by atoms with Crippen LogP contribution in [0.3, 0.4) is 0 Å². The minimum Gasteiger partial charge on any atom is -0.480 e. The Hall–Kier alpha value is -0.570. The lowest BCUT2D eigenvalue weighted by atomic mass is 9.75. The molecule has 3 nitrogen and oxygen atoms in total. The fourth-order valence-corrected chi connectivity index (χ4v) is 3.65. The molecule has 2 fully saturated rings. The first kappa shape index (κ1) is 12.9. The second-order valence-electron chi connectivity index (χ2n) is 5.73. The molecule has 17 heavy (non-hydrogen) atoms. The van der Waals surface area contributed by atoms with Crippen LogP contribution in [0.5, 0.6) is 0 Å². The van der Waals surface area contributed by atoms with Gasteiger partial charge in [0.05, 0.1) is 0 Å². The number of carbonyl (C=O) groups is 1. The van der Waals surface area contributed by atoms with Gasteiger partial charge in [-0.05, 0) is 37.6 Å². The van der Waals surface area contributed by atoms with Gasteiger partial charge in [0, 0.05) is 6.54 Å². The second kappa shape index (κ2) is 5.85. The average Bonchev–Trinajstić information content (AvgIpc) is 2.35. The first-order valence-corrected chi connectivity index (χ1v) is 7.19. The van der Waals surface area contributed by atoms with Crippen LogP contribution in [-0.4, -0.2) is 35.1 Å². The number of rotatable bonds is 4. The molecule has 3 atom stereocenters. The fourth-order valence-electron chi connectivity index (χ4n) is 3.65. The summed E-state index contributed by atoms with van der Waals surface area (Å²) in [6.07, 6.45) is 8.41. The Morgan fingerprint density at radius 3 is 2.65 bits per heavy atom. The van der Waals surface area contributed by atoms with Crippen LogP contribution in [0.25, 0.3) is 0 Å². The summed E-state index contributed by atoms with van der Waals surface area (Å²) in [5.74, 6) is 1.04. The molecular formula is C14H25NO2. The Morgan fingerprint density at radius 2 is 2.00 bits per heavy atom. The predicted octanol–water partition coefficient (Wildman–Crippen LogP) is 2.75. The van der Waals surface area contributed by atoms with E-state index in [-0.39, 0.29) is 6.04 Å². The van der Waals surface area contributed by atoms with Gasteiger partial charge in [0.1, 0.15) is 6.04 Å². The largest absolute Gasteiger partial charge is 0.480 e. The lowest BCUT2D eigenvalue weighted by molar-refractivity contribution is -0.145. The standard InChI is InChI=1S/C14H25NO2/c1-2-5-13(14(16)17)15-9-8-11-6-3-4-7-12(11)10-15/h11-13H,2-10H2,1H3,(H,16,17). The maximum Gasteiger partial charge on any atom is 0.320 e. The number of fused-ring (bicyclic) bond motifs is 1. The monoisotopic (exact) mass is 239 g/mol. The van der Waals surface area contributed by atoms with E-state index in [1.165, 1.54) is 32.1 Å². The van der Waals surface area contributed by atoms with E-state index in [0.717, 1.165) is 37.8 Å². The number of carboxylic acid groups (broad SMARTS) is 1. The van der Waals surface area contributed by atoms with Gasteiger partial charge in [-0.1, -0.05) is 32.6 Å². The zero-order chi connectivity index (χ0) is 12.3. The van der Waals surface area contributed by atoms with Gasteiger partial charge in [0.15, 0.2) is 0 Å². The molecule has 3 unspecified atom stereocenters. The van der Waals surface area contributed by atoms with Gasteiger partial charge in [0.2, 0.25) is 0 Å². The lowest BCUT2D eigenvalue weighted by Gasteiger charge is -2.43. The second-order valence-corrected chi connectivity index (χ2v) is 5.73. The van der Waals surface area contributed by atoms with Crippen molar-refractivity contribution in [2.24, 2.45) is 11.8 Å². The normalized spacial score (nSPS) is 31.8. The van der Waals surface area contributed by atoms with Gasteiger partial charge in [-0.2, -0.15) is 0 Å². The molecular weight excluding hydrogens is 214 g/mol. The molecule has 1 saturated carbocycles. The van der Waals surface area contributed by atoms with Gasteiger partial charge in [-0.15, -0.1) is 0 Å². The third-order valence-electron chi connectivity index (χ3n) is 4.61. The topological polar surface area (TPSA) is 40.5 Å². The van der Waals surface area contributed by atoms with Crippen LogP contribution in [0.15, 0.2) is 0 Å². The van der Waals surface area contributed by atoms with E-state index in [9.17, 15) is 9.90 Å². The van der Waals surface area contributed by atoms with E-state index in [4.69, 9.17) is 0 Å². The smallest absolute Gasteiger partial charge is 0.320 e. The summed E-state index contributed by atoms with van der Waals surface area (Å²) >= 11 is 0. The summed E-state index contributed by atoms with van der Waals surface area (Å²) in [5.41, 5.74) is 0. The van der Waals surface area contributed by atoms with Crippen molar-refractivity contribution >= 4 is 5.97 Å². The van der Waals surface area contributed by atoms with Crippen LogP contribution < -0.4 is 0 Å². The molecule has 0 bridgehead atoms. The SMILES string of the molecule is CCCC(C(=O)O)N1CCC2CCCCC2C1. The van der Waals surface area contributed by atoms with Crippen molar-refractivity contribution < 1.29 is 9.90 Å². The third kappa shape index (κ3) is 3.01. The van der Waals surface area contributed by atoms with Gasteiger partial charge in [-0.25, -0.2) is 0 Å². The maximum atomic E-state index is 11.3. The molecule has 0 aromatic rings. The number of likely N-dealkylation sites (tertiary alicyclic amines) is 1. The fraction of sp³-hybridized carbons (Fsp3) is 0.929. The molecule has 3 heteroatoms. The molecule has 0 aromatic carbocycles. The lowest BCUT2D eigenvalue weighted by Crippen LogP contribution is -2.49. The average molecular weight is 239 g/mol. The molecule has 1 saturated heterocycles. The summed E-state index contributed by atoms with van der Waals surface area (Å²) in [7, 11) is 0. The maximum absolute atomic E-state index is 11.3. The van der Waals surface area contributed by atoms with Crippen LogP contribution in [0.1, 0.15) is 51.9 Å². The molecule has 0 aromatic heterocycles. The first-order valence-electron chi connectivity index (χ1n) is 7.19. The van der Waals surface area contributed by atoms with Gasteiger partial charge in [0.25, 0.3) is 0 Å². The molecule has 1 N–H and O–H groups in total. The highest BCUT2D eigenvalue weighted by Gasteiger charge is 2.35. The Morgan fingerprint density at radius 1 is 1.29 bits per heavy atom. The van der Waals surface area contributed by atoms with E-state index in [1.54, 1.807) is 0 Å². The highest BCUT2D eigenvalue weighted by atomic mass is 16.4. The first-order chi connectivity index (χ1) is 8.22. The quantitative estimate of drug-likeness (QED) is 0.820. The van der Waals surface area contributed by atoms with Crippen molar-refractivity contribution in [1.29, 1.82) is 0 Å². The highest BCUT2D eigenvalue weighted by molar-refractivity contribution is 5.73. The number of aliphatic carboxylic acids is 1. The number of piperidine rings is 1.